The van der Waals surface area contributed by atoms with Crippen molar-refractivity contribution in [3.05, 3.63) is 77.4 Å². The molecule has 0 unspecified atom stereocenters. The van der Waals surface area contributed by atoms with Gasteiger partial charge in [0, 0.05) is 23.2 Å². The van der Waals surface area contributed by atoms with E-state index < -0.39 is 0 Å². The zero-order valence-electron chi connectivity index (χ0n) is 19.8. The zero-order valence-corrected chi connectivity index (χ0v) is 21.3. The first-order valence-electron chi connectivity index (χ1n) is 10.8. The van der Waals surface area contributed by atoms with Crippen molar-refractivity contribution >= 4 is 57.1 Å². The lowest BCUT2D eigenvalue weighted by Crippen LogP contribution is -2.10. The Morgan fingerprint density at radius 3 is 2.25 bits per heavy atom. The largest absolute Gasteiger partial charge is 0.495 e. The molecule has 2 N–H and O–H groups in total. The van der Waals surface area contributed by atoms with E-state index in [1.165, 1.54) is 20.3 Å². The highest BCUT2D eigenvalue weighted by molar-refractivity contribution is 6.41. The van der Waals surface area contributed by atoms with E-state index in [1.54, 1.807) is 37.6 Å². The average Bonchev–Trinajstić information content (AvgIpc) is 2.89. The number of halogens is 2. The van der Waals surface area contributed by atoms with Crippen molar-refractivity contribution in [2.45, 2.75) is 0 Å². The normalized spacial score (nSPS) is 10.6. The van der Waals surface area contributed by atoms with Gasteiger partial charge in [0.15, 0.2) is 0 Å². The highest BCUT2D eigenvalue weighted by Crippen LogP contribution is 2.46. The number of ether oxygens (including phenoxy) is 3. The Balaban J connectivity index is 1.73. The number of pyridine rings is 1. The van der Waals surface area contributed by atoms with Gasteiger partial charge in [-0.3, -0.25) is 4.79 Å². The maximum atomic E-state index is 11.9. The third kappa shape index (κ3) is 4.89. The summed E-state index contributed by atoms with van der Waals surface area (Å²) >= 11 is 13.2. The SMILES string of the molecule is C=CC(=O)Nc1cccc(OC)c1Nc1cc2ccc(-c3c(Cl)c(OC)cc(OC)c3Cl)cc2cn1. The number of methoxy groups -OCH3 is 3. The van der Waals surface area contributed by atoms with E-state index in [-0.39, 0.29) is 5.91 Å². The molecule has 0 spiro atoms. The number of aromatic nitrogens is 1. The number of hydrogen-bond acceptors (Lipinski definition) is 6. The van der Waals surface area contributed by atoms with Crippen molar-refractivity contribution in [3.63, 3.8) is 0 Å². The van der Waals surface area contributed by atoms with Crippen LogP contribution in [0.2, 0.25) is 10.0 Å². The molecule has 0 radical (unpaired) electrons. The minimum atomic E-state index is -0.336. The van der Waals surface area contributed by atoms with Gasteiger partial charge in [0.1, 0.15) is 28.8 Å². The van der Waals surface area contributed by atoms with Gasteiger partial charge in [0.05, 0.1) is 37.1 Å². The number of hydrogen-bond donors (Lipinski definition) is 2. The van der Waals surface area contributed by atoms with Crippen LogP contribution < -0.4 is 24.8 Å². The number of amides is 1. The van der Waals surface area contributed by atoms with Gasteiger partial charge in [0.25, 0.3) is 0 Å². The summed E-state index contributed by atoms with van der Waals surface area (Å²) in [5, 5.41) is 8.59. The van der Waals surface area contributed by atoms with E-state index in [4.69, 9.17) is 37.4 Å². The first-order valence-corrected chi connectivity index (χ1v) is 11.5. The fourth-order valence-electron chi connectivity index (χ4n) is 3.75. The van der Waals surface area contributed by atoms with Gasteiger partial charge in [-0.05, 0) is 41.3 Å². The lowest BCUT2D eigenvalue weighted by Gasteiger charge is -2.16. The van der Waals surface area contributed by atoms with E-state index >= 15 is 0 Å². The average molecular weight is 524 g/mol. The third-order valence-electron chi connectivity index (χ3n) is 5.53. The van der Waals surface area contributed by atoms with Crippen molar-refractivity contribution in [3.8, 4) is 28.4 Å². The first kappa shape index (κ1) is 25.2. The number of nitrogens with zero attached hydrogens (tertiary/aromatic N) is 1. The molecule has 184 valence electrons. The summed E-state index contributed by atoms with van der Waals surface area (Å²) in [6.07, 6.45) is 2.93. The van der Waals surface area contributed by atoms with Crippen LogP contribution in [-0.2, 0) is 4.79 Å². The van der Waals surface area contributed by atoms with Crippen LogP contribution >= 0.6 is 23.2 Å². The Kier molecular flexibility index (Phi) is 7.52. The van der Waals surface area contributed by atoms with E-state index in [1.807, 2.05) is 24.3 Å². The first-order chi connectivity index (χ1) is 17.4. The predicted octanol–water partition coefficient (Wildman–Crippen LogP) is 7.10. The lowest BCUT2D eigenvalue weighted by molar-refractivity contribution is -0.111. The number of anilines is 3. The number of para-hydroxylation sites is 1. The number of nitrogens with one attached hydrogen (secondary N) is 2. The Labute approximate surface area is 218 Å². The van der Waals surface area contributed by atoms with Crippen LogP contribution in [0.15, 0.2) is 67.4 Å². The third-order valence-corrected chi connectivity index (χ3v) is 6.28. The molecular formula is C27H23Cl2N3O4. The molecule has 0 aliphatic heterocycles. The number of carbonyl (C=O) groups is 1. The van der Waals surface area contributed by atoms with Gasteiger partial charge >= 0.3 is 0 Å². The Hall–Kier alpha value is -3.94. The summed E-state index contributed by atoms with van der Waals surface area (Å²) in [7, 11) is 4.62. The summed E-state index contributed by atoms with van der Waals surface area (Å²) < 4.78 is 16.3. The van der Waals surface area contributed by atoms with E-state index in [0.29, 0.717) is 50.0 Å². The van der Waals surface area contributed by atoms with Crippen molar-refractivity contribution in [1.29, 1.82) is 0 Å². The number of fused-ring (bicyclic) bond motifs is 1. The van der Waals surface area contributed by atoms with Crippen molar-refractivity contribution < 1.29 is 19.0 Å². The van der Waals surface area contributed by atoms with E-state index in [9.17, 15) is 4.79 Å². The Bertz CT molecular complexity index is 1450. The minimum absolute atomic E-state index is 0.336. The predicted molar refractivity (Wildman–Crippen MR) is 145 cm³/mol. The fourth-order valence-corrected chi connectivity index (χ4v) is 4.47. The summed E-state index contributed by atoms with van der Waals surface area (Å²) in [6, 6.07) is 14.7. The molecule has 0 aliphatic carbocycles. The Morgan fingerprint density at radius 2 is 1.61 bits per heavy atom. The summed E-state index contributed by atoms with van der Waals surface area (Å²) in [5.41, 5.74) is 2.50. The topological polar surface area (TPSA) is 81.7 Å². The molecule has 0 saturated heterocycles. The van der Waals surface area contributed by atoms with Gasteiger partial charge in [-0.1, -0.05) is 48.0 Å². The summed E-state index contributed by atoms with van der Waals surface area (Å²) in [6.45, 7) is 3.50. The quantitative estimate of drug-likeness (QED) is 0.239. The van der Waals surface area contributed by atoms with Gasteiger partial charge in [-0.15, -0.1) is 0 Å². The number of benzene rings is 3. The molecule has 7 nitrogen and oxygen atoms in total. The molecule has 0 saturated carbocycles. The number of carbonyl (C=O) groups excluding carboxylic acids is 1. The van der Waals surface area contributed by atoms with Gasteiger partial charge in [-0.2, -0.15) is 0 Å². The molecule has 4 aromatic rings. The highest BCUT2D eigenvalue weighted by Gasteiger charge is 2.19. The van der Waals surface area contributed by atoms with Crippen molar-refractivity contribution in [1.82, 2.24) is 4.98 Å². The second kappa shape index (κ2) is 10.8. The second-order valence-corrected chi connectivity index (χ2v) is 8.37. The van der Waals surface area contributed by atoms with Crippen molar-refractivity contribution in [2.24, 2.45) is 0 Å². The molecule has 0 fully saturated rings. The summed E-state index contributed by atoms with van der Waals surface area (Å²) in [5.74, 6) is 1.69. The van der Waals surface area contributed by atoms with Crippen LogP contribution in [0.3, 0.4) is 0 Å². The van der Waals surface area contributed by atoms with Crippen LogP contribution in [0.1, 0.15) is 0 Å². The molecule has 4 rings (SSSR count). The van der Waals surface area contributed by atoms with Crippen LogP contribution in [0.5, 0.6) is 17.2 Å². The zero-order chi connectivity index (χ0) is 25.8. The maximum Gasteiger partial charge on any atom is 0.247 e. The van der Waals surface area contributed by atoms with Crippen LogP contribution in [-0.4, -0.2) is 32.2 Å². The summed E-state index contributed by atoms with van der Waals surface area (Å²) in [4.78, 5) is 16.4. The molecule has 3 aromatic carbocycles. The molecule has 0 bridgehead atoms. The fraction of sp³-hybridized carbons (Fsp3) is 0.111. The van der Waals surface area contributed by atoms with Crippen LogP contribution in [0.25, 0.3) is 21.9 Å². The maximum absolute atomic E-state index is 11.9. The lowest BCUT2D eigenvalue weighted by atomic mass is 10.0. The number of rotatable bonds is 8. The molecule has 1 aromatic heterocycles. The minimum Gasteiger partial charge on any atom is -0.495 e. The highest BCUT2D eigenvalue weighted by atomic mass is 35.5. The second-order valence-electron chi connectivity index (χ2n) is 7.62. The van der Waals surface area contributed by atoms with Gasteiger partial charge in [0.2, 0.25) is 5.91 Å². The van der Waals surface area contributed by atoms with E-state index in [0.717, 1.165) is 16.3 Å². The molecule has 1 amide bonds. The van der Waals surface area contributed by atoms with Crippen molar-refractivity contribution in [2.75, 3.05) is 32.0 Å². The molecular weight excluding hydrogens is 501 g/mol. The van der Waals surface area contributed by atoms with Gasteiger partial charge in [-0.25, -0.2) is 4.98 Å². The Morgan fingerprint density at radius 1 is 0.917 bits per heavy atom. The smallest absolute Gasteiger partial charge is 0.247 e. The molecule has 36 heavy (non-hydrogen) atoms. The molecule has 0 aliphatic rings. The standard InChI is InChI=1S/C27H23Cl2N3O4/c1-5-23(33)31-18-7-6-8-19(34-2)27(18)32-22-12-15-9-10-16(11-17(15)14-30-22)24-25(28)20(35-3)13-21(36-4)26(24)29/h5-14H,1H2,2-4H3,(H,30,32)(H,31,33). The molecule has 9 heteroatoms. The molecule has 1 heterocycles. The van der Waals surface area contributed by atoms with Crippen LogP contribution in [0, 0.1) is 0 Å². The van der Waals surface area contributed by atoms with Gasteiger partial charge < -0.3 is 24.8 Å². The van der Waals surface area contributed by atoms with E-state index in [2.05, 4.69) is 22.2 Å². The monoisotopic (exact) mass is 523 g/mol. The van der Waals surface area contributed by atoms with Crippen LogP contribution in [0.4, 0.5) is 17.2 Å². The molecule has 0 atom stereocenters.